The van der Waals surface area contributed by atoms with E-state index in [4.69, 9.17) is 11.6 Å². The van der Waals surface area contributed by atoms with Crippen LogP contribution in [0.1, 0.15) is 17.7 Å². The highest BCUT2D eigenvalue weighted by Crippen LogP contribution is 2.12. The summed E-state index contributed by atoms with van der Waals surface area (Å²) in [7, 11) is 0. The highest BCUT2D eigenvalue weighted by molar-refractivity contribution is 7.09. The van der Waals surface area contributed by atoms with Crippen molar-refractivity contribution in [3.63, 3.8) is 0 Å². The van der Waals surface area contributed by atoms with E-state index in [0.717, 1.165) is 12.8 Å². The lowest BCUT2D eigenvalue weighted by molar-refractivity contribution is -0.116. The molecular formula is C12H12ClN3OS. The van der Waals surface area contributed by atoms with Crippen molar-refractivity contribution in [2.75, 3.05) is 5.32 Å². The first-order valence-corrected chi connectivity index (χ1v) is 6.81. The van der Waals surface area contributed by atoms with Crippen LogP contribution in [0.5, 0.6) is 0 Å². The van der Waals surface area contributed by atoms with Crippen LogP contribution in [0.2, 0.25) is 5.15 Å². The summed E-state index contributed by atoms with van der Waals surface area (Å²) in [6, 6.07) is 7.32. The lowest BCUT2D eigenvalue weighted by atomic mass is 10.2. The van der Waals surface area contributed by atoms with Crippen molar-refractivity contribution in [2.24, 2.45) is 0 Å². The van der Waals surface area contributed by atoms with E-state index in [1.165, 1.54) is 4.88 Å². The third kappa shape index (κ3) is 4.09. The second-order valence-electron chi connectivity index (χ2n) is 3.72. The molecule has 0 aliphatic rings. The number of amides is 1. The van der Waals surface area contributed by atoms with Crippen LogP contribution in [-0.2, 0) is 11.2 Å². The monoisotopic (exact) mass is 281 g/mol. The highest BCUT2D eigenvalue weighted by atomic mass is 35.5. The largest absolute Gasteiger partial charge is 0.309 e. The number of halogens is 1. The van der Waals surface area contributed by atoms with Crippen molar-refractivity contribution in [3.8, 4) is 0 Å². The summed E-state index contributed by atoms with van der Waals surface area (Å²) < 4.78 is 0. The molecule has 18 heavy (non-hydrogen) atoms. The molecule has 0 unspecified atom stereocenters. The highest BCUT2D eigenvalue weighted by Gasteiger charge is 2.04. The maximum Gasteiger partial charge on any atom is 0.225 e. The molecule has 2 aromatic rings. The minimum absolute atomic E-state index is 0.0526. The number of hydrogen-bond acceptors (Lipinski definition) is 4. The molecule has 0 saturated carbocycles. The Hall–Kier alpha value is -1.46. The Morgan fingerprint density at radius 2 is 2.22 bits per heavy atom. The Balaban J connectivity index is 1.73. The van der Waals surface area contributed by atoms with Gasteiger partial charge in [-0.1, -0.05) is 17.7 Å². The van der Waals surface area contributed by atoms with Gasteiger partial charge in [-0.15, -0.1) is 21.5 Å². The van der Waals surface area contributed by atoms with Crippen molar-refractivity contribution >= 4 is 34.7 Å². The topological polar surface area (TPSA) is 54.9 Å². The van der Waals surface area contributed by atoms with E-state index in [2.05, 4.69) is 21.6 Å². The van der Waals surface area contributed by atoms with Crippen molar-refractivity contribution in [3.05, 3.63) is 39.7 Å². The van der Waals surface area contributed by atoms with E-state index in [-0.39, 0.29) is 5.91 Å². The summed E-state index contributed by atoms with van der Waals surface area (Å²) in [5.74, 6) is 0.378. The number of hydrogen-bond donors (Lipinski definition) is 1. The minimum atomic E-state index is -0.0526. The second kappa shape index (κ2) is 6.47. The van der Waals surface area contributed by atoms with Crippen LogP contribution in [0.4, 0.5) is 5.82 Å². The Kier molecular flexibility index (Phi) is 4.66. The zero-order chi connectivity index (χ0) is 12.8. The van der Waals surface area contributed by atoms with E-state index in [1.807, 2.05) is 11.4 Å². The van der Waals surface area contributed by atoms with E-state index in [0.29, 0.717) is 17.4 Å². The molecule has 0 fully saturated rings. The summed E-state index contributed by atoms with van der Waals surface area (Å²) in [4.78, 5) is 12.9. The predicted octanol–water partition coefficient (Wildman–Crippen LogP) is 3.15. The Labute approximate surface area is 114 Å². The first-order chi connectivity index (χ1) is 8.74. The van der Waals surface area contributed by atoms with Gasteiger partial charge in [0.1, 0.15) is 0 Å². The summed E-state index contributed by atoms with van der Waals surface area (Å²) in [5, 5.41) is 12.5. The maximum atomic E-state index is 11.6. The number of aromatic nitrogens is 2. The van der Waals surface area contributed by atoms with Crippen LogP contribution in [0.25, 0.3) is 0 Å². The van der Waals surface area contributed by atoms with Crippen molar-refractivity contribution in [1.82, 2.24) is 10.2 Å². The Morgan fingerprint density at radius 1 is 1.33 bits per heavy atom. The molecule has 4 nitrogen and oxygen atoms in total. The number of nitrogens with zero attached hydrogens (tertiary/aromatic N) is 2. The molecule has 2 aromatic heterocycles. The van der Waals surface area contributed by atoms with Crippen LogP contribution in [-0.4, -0.2) is 16.1 Å². The quantitative estimate of drug-likeness (QED) is 0.916. The third-order valence-corrected chi connectivity index (χ3v) is 3.44. The number of anilines is 1. The van der Waals surface area contributed by atoms with Crippen molar-refractivity contribution in [2.45, 2.75) is 19.3 Å². The Morgan fingerprint density at radius 3 is 2.89 bits per heavy atom. The van der Waals surface area contributed by atoms with Gasteiger partial charge < -0.3 is 5.32 Å². The van der Waals surface area contributed by atoms with Gasteiger partial charge in [0.25, 0.3) is 0 Å². The molecule has 0 aliphatic heterocycles. The van der Waals surface area contributed by atoms with Crippen LogP contribution < -0.4 is 5.32 Å². The molecule has 1 amide bonds. The molecule has 0 radical (unpaired) electrons. The molecular weight excluding hydrogens is 270 g/mol. The molecule has 0 aromatic carbocycles. The van der Waals surface area contributed by atoms with E-state index >= 15 is 0 Å². The van der Waals surface area contributed by atoms with Crippen molar-refractivity contribution < 1.29 is 4.79 Å². The van der Waals surface area contributed by atoms with Gasteiger partial charge >= 0.3 is 0 Å². The van der Waals surface area contributed by atoms with Crippen LogP contribution in [0, 0.1) is 0 Å². The van der Waals surface area contributed by atoms with E-state index < -0.39 is 0 Å². The standard InChI is InChI=1S/C12H12ClN3OS/c13-10-6-7-11(16-15-10)14-12(17)5-1-3-9-4-2-8-18-9/h2,4,6-8H,1,3,5H2,(H,14,16,17). The summed E-state index contributed by atoms with van der Waals surface area (Å²) in [5.41, 5.74) is 0. The molecule has 0 aliphatic carbocycles. The van der Waals surface area contributed by atoms with Crippen LogP contribution in [0.15, 0.2) is 29.6 Å². The normalized spacial score (nSPS) is 10.3. The van der Waals surface area contributed by atoms with E-state index in [9.17, 15) is 4.79 Å². The first kappa shape index (κ1) is 13.0. The molecule has 6 heteroatoms. The zero-order valence-electron chi connectivity index (χ0n) is 9.60. The molecule has 0 saturated heterocycles. The molecule has 0 bridgehead atoms. The van der Waals surface area contributed by atoms with Gasteiger partial charge in [0.15, 0.2) is 11.0 Å². The average molecular weight is 282 g/mol. The fourth-order valence-electron chi connectivity index (χ4n) is 1.47. The third-order valence-electron chi connectivity index (χ3n) is 2.31. The summed E-state index contributed by atoms with van der Waals surface area (Å²) in [6.07, 6.45) is 2.23. The molecule has 2 heterocycles. The van der Waals surface area contributed by atoms with Crippen LogP contribution in [0.3, 0.4) is 0 Å². The van der Waals surface area contributed by atoms with Gasteiger partial charge in [-0.05, 0) is 36.4 Å². The SMILES string of the molecule is O=C(CCCc1cccs1)Nc1ccc(Cl)nn1. The number of nitrogens with one attached hydrogen (secondary N) is 1. The number of carbonyl (C=O) groups is 1. The lowest BCUT2D eigenvalue weighted by Crippen LogP contribution is -2.12. The van der Waals surface area contributed by atoms with Gasteiger partial charge in [-0.3, -0.25) is 4.79 Å². The molecule has 2 rings (SSSR count). The number of rotatable bonds is 5. The maximum absolute atomic E-state index is 11.6. The number of aryl methyl sites for hydroxylation is 1. The molecule has 0 spiro atoms. The van der Waals surface area contributed by atoms with Gasteiger partial charge in [0, 0.05) is 11.3 Å². The Bertz CT molecular complexity index is 499. The molecule has 94 valence electrons. The van der Waals surface area contributed by atoms with Gasteiger partial charge in [-0.2, -0.15) is 0 Å². The van der Waals surface area contributed by atoms with Gasteiger partial charge in [0.05, 0.1) is 0 Å². The minimum Gasteiger partial charge on any atom is -0.309 e. The smallest absolute Gasteiger partial charge is 0.225 e. The fraction of sp³-hybridized carbons (Fsp3) is 0.250. The number of thiophene rings is 1. The van der Waals surface area contributed by atoms with Gasteiger partial charge in [0.2, 0.25) is 5.91 Å². The summed E-state index contributed by atoms with van der Waals surface area (Å²) in [6.45, 7) is 0. The molecule has 0 atom stereocenters. The summed E-state index contributed by atoms with van der Waals surface area (Å²) >= 11 is 7.32. The average Bonchev–Trinajstić information content (AvgIpc) is 2.85. The van der Waals surface area contributed by atoms with E-state index in [1.54, 1.807) is 23.5 Å². The lowest BCUT2D eigenvalue weighted by Gasteiger charge is -2.03. The second-order valence-corrected chi connectivity index (χ2v) is 5.14. The van der Waals surface area contributed by atoms with Crippen LogP contribution >= 0.6 is 22.9 Å². The van der Waals surface area contributed by atoms with Gasteiger partial charge in [-0.25, -0.2) is 0 Å². The fourth-order valence-corrected chi connectivity index (χ4v) is 2.32. The number of carbonyl (C=O) groups excluding carboxylic acids is 1. The first-order valence-electron chi connectivity index (χ1n) is 5.55. The molecule has 1 N–H and O–H groups in total. The zero-order valence-corrected chi connectivity index (χ0v) is 11.2. The predicted molar refractivity (Wildman–Crippen MR) is 72.9 cm³/mol. The van der Waals surface area contributed by atoms with Crippen molar-refractivity contribution in [1.29, 1.82) is 0 Å².